The average molecular weight is 269 g/mol. The van der Waals surface area contributed by atoms with Gasteiger partial charge in [0, 0.05) is 11.5 Å². The molecule has 2 aliphatic carbocycles. The molecule has 1 aliphatic heterocycles. The van der Waals surface area contributed by atoms with Crippen LogP contribution in [0.15, 0.2) is 24.3 Å². The van der Waals surface area contributed by atoms with Crippen LogP contribution in [0.1, 0.15) is 60.4 Å². The lowest BCUT2D eigenvalue weighted by atomic mass is 9.80. The molecule has 1 aromatic rings. The highest BCUT2D eigenvalue weighted by Gasteiger charge is 2.57. The Morgan fingerprint density at radius 3 is 2.40 bits per heavy atom. The predicted octanol–water partition coefficient (Wildman–Crippen LogP) is 3.53. The number of Topliss-reactive ketones (excluding diaryl/α,β-unsaturated/α-hetero) is 1. The van der Waals surface area contributed by atoms with E-state index >= 15 is 0 Å². The van der Waals surface area contributed by atoms with Crippen LogP contribution in [0.2, 0.25) is 0 Å². The quantitative estimate of drug-likeness (QED) is 0.851. The van der Waals surface area contributed by atoms with Crippen molar-refractivity contribution in [3.05, 3.63) is 35.4 Å². The second-order valence-electron chi connectivity index (χ2n) is 6.98. The van der Waals surface area contributed by atoms with Gasteiger partial charge in [0.15, 0.2) is 5.78 Å². The molecular weight excluding hydrogens is 246 g/mol. The van der Waals surface area contributed by atoms with Crippen molar-refractivity contribution in [1.82, 2.24) is 5.32 Å². The maximum Gasteiger partial charge on any atom is 0.166 e. The first-order chi connectivity index (χ1) is 9.78. The topological polar surface area (TPSA) is 29.1 Å². The second-order valence-corrected chi connectivity index (χ2v) is 6.98. The van der Waals surface area contributed by atoms with E-state index in [4.69, 9.17) is 0 Å². The molecule has 1 unspecified atom stereocenters. The Kier molecular flexibility index (Phi) is 2.95. The van der Waals surface area contributed by atoms with Crippen LogP contribution >= 0.6 is 0 Å². The molecule has 1 heterocycles. The number of hydrogen-bond donors (Lipinski definition) is 1. The van der Waals surface area contributed by atoms with Crippen LogP contribution in [0.5, 0.6) is 0 Å². The van der Waals surface area contributed by atoms with Gasteiger partial charge in [-0.05, 0) is 62.1 Å². The van der Waals surface area contributed by atoms with Crippen LogP contribution < -0.4 is 5.32 Å². The minimum Gasteiger partial charge on any atom is -0.317 e. The molecule has 0 bridgehead atoms. The highest BCUT2D eigenvalue weighted by atomic mass is 16.1. The zero-order chi connectivity index (χ0) is 13.6. The minimum atomic E-state index is 0.305. The van der Waals surface area contributed by atoms with Crippen LogP contribution in [-0.4, -0.2) is 18.9 Å². The molecule has 2 nitrogen and oxygen atoms in total. The molecule has 0 radical (unpaired) electrons. The van der Waals surface area contributed by atoms with Gasteiger partial charge in [0.25, 0.3) is 0 Å². The van der Waals surface area contributed by atoms with Crippen LogP contribution in [0.3, 0.4) is 0 Å². The fourth-order valence-corrected chi connectivity index (χ4v) is 4.06. The summed E-state index contributed by atoms with van der Waals surface area (Å²) in [5.74, 6) is 1.46. The predicted molar refractivity (Wildman–Crippen MR) is 80.0 cm³/mol. The van der Waals surface area contributed by atoms with E-state index in [2.05, 4.69) is 29.6 Å². The van der Waals surface area contributed by atoms with E-state index in [9.17, 15) is 4.79 Å². The summed E-state index contributed by atoms with van der Waals surface area (Å²) in [7, 11) is 0. The number of nitrogens with one attached hydrogen (secondary N) is 1. The first-order valence-corrected chi connectivity index (χ1v) is 8.13. The highest BCUT2D eigenvalue weighted by Crippen LogP contribution is 2.59. The Hall–Kier alpha value is -1.15. The second kappa shape index (κ2) is 4.70. The van der Waals surface area contributed by atoms with Crippen molar-refractivity contribution < 1.29 is 4.79 Å². The molecule has 2 heteroatoms. The molecule has 2 saturated carbocycles. The van der Waals surface area contributed by atoms with Gasteiger partial charge in [-0.25, -0.2) is 0 Å². The van der Waals surface area contributed by atoms with Crippen LogP contribution in [0.25, 0.3) is 0 Å². The summed E-state index contributed by atoms with van der Waals surface area (Å²) in [6, 6.07) is 8.52. The fraction of sp³-hybridized carbons (Fsp3) is 0.611. The summed E-state index contributed by atoms with van der Waals surface area (Å²) < 4.78 is 0. The third-order valence-corrected chi connectivity index (χ3v) is 5.88. The van der Waals surface area contributed by atoms with Gasteiger partial charge in [0.05, 0.1) is 0 Å². The molecule has 1 N–H and O–H groups in total. The lowest BCUT2D eigenvalue weighted by Crippen LogP contribution is -2.30. The van der Waals surface area contributed by atoms with Crippen molar-refractivity contribution in [2.24, 2.45) is 11.3 Å². The van der Waals surface area contributed by atoms with E-state index < -0.39 is 0 Å². The first-order valence-electron chi connectivity index (χ1n) is 8.13. The van der Waals surface area contributed by atoms with Gasteiger partial charge >= 0.3 is 0 Å². The SMILES string of the molecule is O=C(c1ccc(C2CCC2)cc1)C1CC12CCNCC2. The van der Waals surface area contributed by atoms with Gasteiger partial charge in [0.2, 0.25) is 0 Å². The normalized spacial score (nSPS) is 28.1. The van der Waals surface area contributed by atoms with Crippen molar-refractivity contribution in [3.8, 4) is 0 Å². The molecule has 106 valence electrons. The Bertz CT molecular complexity index is 509. The number of piperidine rings is 1. The summed E-state index contributed by atoms with van der Waals surface area (Å²) in [4.78, 5) is 12.6. The van der Waals surface area contributed by atoms with Gasteiger partial charge in [-0.3, -0.25) is 4.79 Å². The molecule has 3 aliphatic rings. The Labute approximate surface area is 121 Å². The third kappa shape index (κ3) is 2.01. The molecule has 4 rings (SSSR count). The monoisotopic (exact) mass is 269 g/mol. The Balaban J connectivity index is 1.46. The molecule has 1 aromatic carbocycles. The van der Waals surface area contributed by atoms with Crippen molar-refractivity contribution in [2.75, 3.05) is 13.1 Å². The maximum atomic E-state index is 12.6. The largest absolute Gasteiger partial charge is 0.317 e. The molecule has 1 atom stereocenters. The van der Waals surface area contributed by atoms with Gasteiger partial charge in [-0.15, -0.1) is 0 Å². The van der Waals surface area contributed by atoms with Gasteiger partial charge in [-0.1, -0.05) is 30.7 Å². The number of carbonyl (C=O) groups is 1. The number of carbonyl (C=O) groups excluding carboxylic acids is 1. The van der Waals surface area contributed by atoms with Crippen LogP contribution in [0.4, 0.5) is 0 Å². The third-order valence-electron chi connectivity index (χ3n) is 5.88. The standard InChI is InChI=1S/C18H23NO/c20-17(16-12-18(16)8-10-19-11-9-18)15-6-4-14(5-7-15)13-2-1-3-13/h4-7,13,16,19H,1-3,8-12H2. The van der Waals surface area contributed by atoms with E-state index in [1.165, 1.54) is 37.7 Å². The number of rotatable bonds is 3. The Morgan fingerprint density at radius 2 is 1.80 bits per heavy atom. The summed E-state index contributed by atoms with van der Waals surface area (Å²) in [6.07, 6.45) is 7.51. The van der Waals surface area contributed by atoms with E-state index in [1.54, 1.807) is 0 Å². The fourth-order valence-electron chi connectivity index (χ4n) is 4.06. The number of hydrogen-bond acceptors (Lipinski definition) is 2. The molecular formula is C18H23NO. The van der Waals surface area contributed by atoms with Gasteiger partial charge < -0.3 is 5.32 Å². The summed E-state index contributed by atoms with van der Waals surface area (Å²) >= 11 is 0. The van der Waals surface area contributed by atoms with E-state index in [-0.39, 0.29) is 0 Å². The van der Waals surface area contributed by atoms with Crippen molar-refractivity contribution in [3.63, 3.8) is 0 Å². The van der Waals surface area contributed by atoms with Gasteiger partial charge in [-0.2, -0.15) is 0 Å². The molecule has 20 heavy (non-hydrogen) atoms. The van der Waals surface area contributed by atoms with Crippen LogP contribution in [-0.2, 0) is 0 Å². The first kappa shape index (κ1) is 12.6. The molecule has 1 spiro atoms. The van der Waals surface area contributed by atoms with Crippen molar-refractivity contribution in [2.45, 2.75) is 44.4 Å². The lowest BCUT2D eigenvalue weighted by Gasteiger charge is -2.26. The van der Waals surface area contributed by atoms with E-state index in [0.29, 0.717) is 17.1 Å². The average Bonchev–Trinajstić information content (AvgIpc) is 3.11. The van der Waals surface area contributed by atoms with Crippen molar-refractivity contribution in [1.29, 1.82) is 0 Å². The zero-order valence-electron chi connectivity index (χ0n) is 12.0. The number of ketones is 1. The van der Waals surface area contributed by atoms with Crippen molar-refractivity contribution >= 4 is 5.78 Å². The summed E-state index contributed by atoms with van der Waals surface area (Å²) in [5, 5.41) is 3.40. The number of benzene rings is 1. The summed E-state index contributed by atoms with van der Waals surface area (Å²) in [5.41, 5.74) is 2.73. The van der Waals surface area contributed by atoms with E-state index in [0.717, 1.165) is 31.0 Å². The molecule has 1 saturated heterocycles. The lowest BCUT2D eigenvalue weighted by molar-refractivity contribution is 0.0940. The maximum absolute atomic E-state index is 12.6. The highest BCUT2D eigenvalue weighted by molar-refractivity contribution is 6.00. The molecule has 0 amide bonds. The minimum absolute atomic E-state index is 0.305. The smallest absolute Gasteiger partial charge is 0.166 e. The van der Waals surface area contributed by atoms with E-state index in [1.807, 2.05) is 0 Å². The summed E-state index contributed by atoms with van der Waals surface area (Å²) in [6.45, 7) is 2.18. The molecule has 0 aromatic heterocycles. The van der Waals surface area contributed by atoms with Gasteiger partial charge in [0.1, 0.15) is 0 Å². The Morgan fingerprint density at radius 1 is 1.10 bits per heavy atom. The molecule has 3 fully saturated rings. The van der Waals surface area contributed by atoms with Crippen LogP contribution in [0, 0.1) is 11.3 Å². The zero-order valence-corrected chi connectivity index (χ0v) is 12.0.